The van der Waals surface area contributed by atoms with Crippen LogP contribution in [0.5, 0.6) is 0 Å². The van der Waals surface area contributed by atoms with Crippen LogP contribution in [-0.2, 0) is 7.05 Å². The molecule has 3 aromatic rings. The van der Waals surface area contributed by atoms with Gasteiger partial charge in [0.2, 0.25) is 0 Å². The summed E-state index contributed by atoms with van der Waals surface area (Å²) in [5.41, 5.74) is 3.72. The quantitative estimate of drug-likeness (QED) is 0.771. The molecule has 1 heterocycles. The number of aryl methyl sites for hydroxylation is 3. The zero-order valence-corrected chi connectivity index (χ0v) is 13.8. The summed E-state index contributed by atoms with van der Waals surface area (Å²) < 4.78 is 1.90. The number of aromatic nitrogens is 1. The summed E-state index contributed by atoms with van der Waals surface area (Å²) in [4.78, 5) is 24.0. The predicted molar refractivity (Wildman–Crippen MR) is 93.7 cm³/mol. The van der Waals surface area contributed by atoms with Gasteiger partial charge in [0.05, 0.1) is 11.1 Å². The molecule has 0 aliphatic carbocycles. The van der Waals surface area contributed by atoms with Crippen LogP contribution >= 0.6 is 0 Å². The molecule has 0 saturated carbocycles. The molecule has 0 spiro atoms. The van der Waals surface area contributed by atoms with Gasteiger partial charge in [-0.3, -0.25) is 4.79 Å². The molecule has 2 N–H and O–H groups in total. The van der Waals surface area contributed by atoms with Crippen molar-refractivity contribution >= 4 is 28.5 Å². The number of nitrogens with one attached hydrogen (secondary N) is 1. The first-order valence-electron chi connectivity index (χ1n) is 7.58. The molecule has 122 valence electrons. The van der Waals surface area contributed by atoms with Crippen LogP contribution in [0.25, 0.3) is 10.9 Å². The number of hydrogen-bond acceptors (Lipinski definition) is 2. The average Bonchev–Trinajstić information content (AvgIpc) is 2.87. The van der Waals surface area contributed by atoms with Gasteiger partial charge in [-0.1, -0.05) is 24.3 Å². The minimum absolute atomic E-state index is 0.189. The van der Waals surface area contributed by atoms with Crippen molar-refractivity contribution in [3.8, 4) is 0 Å². The summed E-state index contributed by atoms with van der Waals surface area (Å²) in [5.74, 6) is -1.26. The molecule has 24 heavy (non-hydrogen) atoms. The van der Waals surface area contributed by atoms with E-state index >= 15 is 0 Å². The normalized spacial score (nSPS) is 10.8. The average molecular weight is 322 g/mol. The molecular weight excluding hydrogens is 304 g/mol. The van der Waals surface area contributed by atoms with Crippen LogP contribution in [-0.4, -0.2) is 21.6 Å². The molecule has 5 nitrogen and oxygen atoms in total. The van der Waals surface area contributed by atoms with Gasteiger partial charge >= 0.3 is 5.97 Å². The second-order valence-corrected chi connectivity index (χ2v) is 5.91. The maximum atomic E-state index is 12.7. The van der Waals surface area contributed by atoms with Crippen molar-refractivity contribution < 1.29 is 14.7 Å². The molecule has 1 amide bonds. The molecule has 0 saturated heterocycles. The van der Waals surface area contributed by atoms with E-state index in [0.717, 1.165) is 16.5 Å². The molecule has 0 atom stereocenters. The van der Waals surface area contributed by atoms with E-state index in [1.807, 2.05) is 42.8 Å². The zero-order chi connectivity index (χ0) is 17.4. The van der Waals surface area contributed by atoms with E-state index in [2.05, 4.69) is 5.32 Å². The largest absolute Gasteiger partial charge is 0.478 e. The highest BCUT2D eigenvalue weighted by molar-refractivity contribution is 6.13. The number of rotatable bonds is 3. The highest BCUT2D eigenvalue weighted by Gasteiger charge is 2.16. The molecule has 3 rings (SSSR count). The van der Waals surface area contributed by atoms with E-state index in [4.69, 9.17) is 0 Å². The highest BCUT2D eigenvalue weighted by Crippen LogP contribution is 2.24. The molecule has 1 aromatic heterocycles. The third-order valence-electron chi connectivity index (χ3n) is 4.19. The van der Waals surface area contributed by atoms with Crippen molar-refractivity contribution in [1.82, 2.24) is 4.57 Å². The second-order valence-electron chi connectivity index (χ2n) is 5.91. The summed E-state index contributed by atoms with van der Waals surface area (Å²) in [6.07, 6.45) is 1.78. The van der Waals surface area contributed by atoms with Crippen molar-refractivity contribution in [2.75, 3.05) is 5.32 Å². The SMILES string of the molecule is Cc1cc(C)c(C(=O)O)cc1NC(=O)c1cn(C)c2ccccc12. The van der Waals surface area contributed by atoms with E-state index in [1.165, 1.54) is 6.07 Å². The van der Waals surface area contributed by atoms with Crippen LogP contribution in [0.1, 0.15) is 31.8 Å². The smallest absolute Gasteiger partial charge is 0.336 e. The number of nitrogens with zero attached hydrogens (tertiary/aromatic N) is 1. The molecule has 0 aliphatic heterocycles. The van der Waals surface area contributed by atoms with Crippen molar-refractivity contribution in [1.29, 1.82) is 0 Å². The molecular formula is C19H18N2O3. The van der Waals surface area contributed by atoms with E-state index in [0.29, 0.717) is 16.8 Å². The Hall–Kier alpha value is -3.08. The van der Waals surface area contributed by atoms with Crippen molar-refractivity contribution in [3.63, 3.8) is 0 Å². The van der Waals surface area contributed by atoms with Crippen LogP contribution in [0.2, 0.25) is 0 Å². The van der Waals surface area contributed by atoms with E-state index in [-0.39, 0.29) is 11.5 Å². The second kappa shape index (κ2) is 5.85. The molecule has 0 fully saturated rings. The van der Waals surface area contributed by atoms with Gasteiger partial charge in [0, 0.05) is 29.8 Å². The molecule has 0 unspecified atom stereocenters. The van der Waals surface area contributed by atoms with Gasteiger partial charge in [0.15, 0.2) is 0 Å². The third kappa shape index (κ3) is 2.65. The van der Waals surface area contributed by atoms with Gasteiger partial charge in [0.25, 0.3) is 5.91 Å². The maximum Gasteiger partial charge on any atom is 0.336 e. The number of carbonyl (C=O) groups excluding carboxylic acids is 1. The van der Waals surface area contributed by atoms with Gasteiger partial charge < -0.3 is 15.0 Å². The van der Waals surface area contributed by atoms with Crippen LogP contribution in [0.15, 0.2) is 42.6 Å². The lowest BCUT2D eigenvalue weighted by Crippen LogP contribution is -2.13. The van der Waals surface area contributed by atoms with Gasteiger partial charge in [0.1, 0.15) is 0 Å². The monoisotopic (exact) mass is 322 g/mol. The maximum absolute atomic E-state index is 12.7. The van der Waals surface area contributed by atoms with Gasteiger partial charge in [-0.05, 0) is 37.1 Å². The van der Waals surface area contributed by atoms with Crippen molar-refractivity contribution in [2.45, 2.75) is 13.8 Å². The minimum atomic E-state index is -1.01. The first-order chi connectivity index (χ1) is 11.4. The van der Waals surface area contributed by atoms with Crippen molar-refractivity contribution in [2.24, 2.45) is 7.05 Å². The number of hydrogen-bond donors (Lipinski definition) is 2. The number of carboxylic acid groups (broad SMARTS) is 1. The van der Waals surface area contributed by atoms with E-state index < -0.39 is 5.97 Å². The Morgan fingerprint density at radius 3 is 2.46 bits per heavy atom. The number of benzene rings is 2. The Morgan fingerprint density at radius 1 is 1.04 bits per heavy atom. The van der Waals surface area contributed by atoms with Crippen LogP contribution in [0, 0.1) is 13.8 Å². The Bertz CT molecular complexity index is 970. The van der Waals surface area contributed by atoms with Gasteiger partial charge in [-0.25, -0.2) is 4.79 Å². The number of anilines is 1. The fraction of sp³-hybridized carbons (Fsp3) is 0.158. The van der Waals surface area contributed by atoms with Crippen LogP contribution in [0.4, 0.5) is 5.69 Å². The Labute approximate surface area is 139 Å². The molecule has 5 heteroatoms. The number of carbonyl (C=O) groups is 2. The van der Waals surface area contributed by atoms with Crippen LogP contribution in [0.3, 0.4) is 0 Å². The lowest BCUT2D eigenvalue weighted by molar-refractivity contribution is 0.0695. The van der Waals surface area contributed by atoms with Crippen molar-refractivity contribution in [3.05, 3.63) is 64.8 Å². The number of fused-ring (bicyclic) bond motifs is 1. The summed E-state index contributed by atoms with van der Waals surface area (Å²) in [6, 6.07) is 10.9. The summed E-state index contributed by atoms with van der Waals surface area (Å²) >= 11 is 0. The number of para-hydroxylation sites is 1. The first kappa shape index (κ1) is 15.8. The Morgan fingerprint density at radius 2 is 1.75 bits per heavy atom. The third-order valence-corrected chi connectivity index (χ3v) is 4.19. The standard InChI is InChI=1S/C19H18N2O3/c1-11-8-12(2)16(9-14(11)19(23)24)20-18(22)15-10-21(3)17-7-5-4-6-13(15)17/h4-10H,1-3H3,(H,20,22)(H,23,24). The molecule has 0 radical (unpaired) electrons. The van der Waals surface area contributed by atoms with Gasteiger partial charge in [-0.2, -0.15) is 0 Å². The van der Waals surface area contributed by atoms with E-state index in [9.17, 15) is 14.7 Å². The number of carboxylic acids is 1. The number of aromatic carboxylic acids is 1. The molecule has 2 aromatic carbocycles. The molecule has 0 aliphatic rings. The predicted octanol–water partition coefficient (Wildman–Crippen LogP) is 3.75. The topological polar surface area (TPSA) is 71.3 Å². The lowest BCUT2D eigenvalue weighted by Gasteiger charge is -2.11. The Balaban J connectivity index is 2.00. The highest BCUT2D eigenvalue weighted by atomic mass is 16.4. The van der Waals surface area contributed by atoms with Crippen LogP contribution < -0.4 is 5.32 Å². The zero-order valence-electron chi connectivity index (χ0n) is 13.8. The number of amides is 1. The fourth-order valence-electron chi connectivity index (χ4n) is 2.93. The molecule has 0 bridgehead atoms. The summed E-state index contributed by atoms with van der Waals surface area (Å²) in [7, 11) is 1.89. The Kier molecular flexibility index (Phi) is 3.85. The van der Waals surface area contributed by atoms with Gasteiger partial charge in [-0.15, -0.1) is 0 Å². The summed E-state index contributed by atoms with van der Waals surface area (Å²) in [5, 5.41) is 13.0. The fourth-order valence-corrected chi connectivity index (χ4v) is 2.93. The summed E-state index contributed by atoms with van der Waals surface area (Å²) in [6.45, 7) is 3.59. The lowest BCUT2D eigenvalue weighted by atomic mass is 10.0. The van der Waals surface area contributed by atoms with E-state index in [1.54, 1.807) is 19.2 Å². The first-order valence-corrected chi connectivity index (χ1v) is 7.58. The minimum Gasteiger partial charge on any atom is -0.478 e.